The molecule has 0 aliphatic heterocycles. The van der Waals surface area contributed by atoms with Crippen LogP contribution in [0.15, 0.2) is 0 Å². The molecule has 0 saturated heterocycles. The van der Waals surface area contributed by atoms with E-state index in [1.807, 2.05) is 0 Å². The molecule has 0 aliphatic carbocycles. The Morgan fingerprint density at radius 2 is 1.72 bits per heavy atom. The number of carbonyl (C=O) groups is 1. The molecule has 4 nitrogen and oxygen atoms in total. The number of ether oxygens (including phenoxy) is 1. The van der Waals surface area contributed by atoms with Crippen molar-refractivity contribution in [2.45, 2.75) is 46.6 Å². The molecular formula is C14H30N2O2. The van der Waals surface area contributed by atoms with Gasteiger partial charge in [-0.05, 0) is 46.1 Å². The summed E-state index contributed by atoms with van der Waals surface area (Å²) in [5.74, 6) is -0.121. The summed E-state index contributed by atoms with van der Waals surface area (Å²) in [6.07, 6.45) is 1.64. The Morgan fingerprint density at radius 1 is 1.11 bits per heavy atom. The third-order valence-corrected chi connectivity index (χ3v) is 3.53. The minimum Gasteiger partial charge on any atom is -0.469 e. The quantitative estimate of drug-likeness (QED) is 0.561. The van der Waals surface area contributed by atoms with Crippen LogP contribution in [0, 0.1) is 0 Å². The van der Waals surface area contributed by atoms with Crippen LogP contribution in [0.4, 0.5) is 0 Å². The first-order chi connectivity index (χ1) is 8.58. The van der Waals surface area contributed by atoms with Crippen molar-refractivity contribution in [3.05, 3.63) is 0 Å². The first-order valence-electron chi connectivity index (χ1n) is 7.12. The molecule has 1 atom stereocenters. The lowest BCUT2D eigenvalue weighted by atomic mass is 10.2. The molecule has 0 rings (SSSR count). The standard InChI is InChI=1S/C14H30N2O2/c1-6-15(7-2)10-9-11-16(8-3)13(4)12-14(17)18-5/h13H,6-12H2,1-5H3. The SMILES string of the molecule is CCN(CC)CCCN(CC)C(C)CC(=O)OC. The van der Waals surface area contributed by atoms with Gasteiger partial charge in [0, 0.05) is 6.04 Å². The molecule has 0 N–H and O–H groups in total. The van der Waals surface area contributed by atoms with E-state index in [0.29, 0.717) is 6.42 Å². The van der Waals surface area contributed by atoms with Gasteiger partial charge in [0.25, 0.3) is 0 Å². The third-order valence-electron chi connectivity index (χ3n) is 3.53. The van der Waals surface area contributed by atoms with Crippen molar-refractivity contribution in [1.82, 2.24) is 9.80 Å². The van der Waals surface area contributed by atoms with Crippen LogP contribution in [0.5, 0.6) is 0 Å². The van der Waals surface area contributed by atoms with Crippen LogP contribution in [0.2, 0.25) is 0 Å². The van der Waals surface area contributed by atoms with Gasteiger partial charge in [-0.1, -0.05) is 20.8 Å². The Bertz CT molecular complexity index is 218. The fraction of sp³-hybridized carbons (Fsp3) is 0.929. The summed E-state index contributed by atoms with van der Waals surface area (Å²) >= 11 is 0. The van der Waals surface area contributed by atoms with Gasteiger partial charge < -0.3 is 14.5 Å². The fourth-order valence-corrected chi connectivity index (χ4v) is 2.18. The van der Waals surface area contributed by atoms with E-state index in [9.17, 15) is 4.79 Å². The topological polar surface area (TPSA) is 32.8 Å². The van der Waals surface area contributed by atoms with Crippen molar-refractivity contribution >= 4 is 5.97 Å². The Balaban J connectivity index is 3.98. The maximum absolute atomic E-state index is 11.3. The van der Waals surface area contributed by atoms with Gasteiger partial charge in [-0.15, -0.1) is 0 Å². The van der Waals surface area contributed by atoms with Gasteiger partial charge >= 0.3 is 5.97 Å². The van der Waals surface area contributed by atoms with E-state index in [4.69, 9.17) is 4.74 Å². The van der Waals surface area contributed by atoms with Crippen LogP contribution in [0.25, 0.3) is 0 Å². The van der Waals surface area contributed by atoms with Crippen molar-refractivity contribution < 1.29 is 9.53 Å². The van der Waals surface area contributed by atoms with E-state index in [0.717, 1.165) is 39.1 Å². The number of esters is 1. The van der Waals surface area contributed by atoms with E-state index in [2.05, 4.69) is 37.5 Å². The predicted octanol–water partition coefficient (Wildman–Crippen LogP) is 1.99. The van der Waals surface area contributed by atoms with Crippen LogP contribution in [0.1, 0.15) is 40.5 Å². The molecule has 0 fully saturated rings. The molecule has 0 amide bonds. The predicted molar refractivity (Wildman–Crippen MR) is 75.7 cm³/mol. The molecule has 0 aromatic carbocycles. The Hall–Kier alpha value is -0.610. The number of hydrogen-bond donors (Lipinski definition) is 0. The summed E-state index contributed by atoms with van der Waals surface area (Å²) in [5, 5.41) is 0. The summed E-state index contributed by atoms with van der Waals surface area (Å²) in [6.45, 7) is 14.0. The lowest BCUT2D eigenvalue weighted by Gasteiger charge is -2.28. The number of hydrogen-bond acceptors (Lipinski definition) is 4. The van der Waals surface area contributed by atoms with Crippen molar-refractivity contribution in [2.24, 2.45) is 0 Å². The first-order valence-corrected chi connectivity index (χ1v) is 7.12. The van der Waals surface area contributed by atoms with E-state index in [1.54, 1.807) is 0 Å². The van der Waals surface area contributed by atoms with E-state index < -0.39 is 0 Å². The van der Waals surface area contributed by atoms with E-state index in [-0.39, 0.29) is 12.0 Å². The molecule has 0 aromatic rings. The molecule has 0 saturated carbocycles. The summed E-state index contributed by atoms with van der Waals surface area (Å²) in [6, 6.07) is 0.263. The van der Waals surface area contributed by atoms with Crippen molar-refractivity contribution in [2.75, 3.05) is 39.8 Å². The second-order valence-electron chi connectivity index (χ2n) is 4.64. The minimum atomic E-state index is -0.121. The Kier molecular flexibility index (Phi) is 9.98. The third kappa shape index (κ3) is 6.97. The first kappa shape index (κ1) is 17.4. The number of methoxy groups -OCH3 is 1. The molecule has 4 heteroatoms. The molecule has 0 bridgehead atoms. The van der Waals surface area contributed by atoms with Crippen LogP contribution in [-0.2, 0) is 9.53 Å². The van der Waals surface area contributed by atoms with Crippen LogP contribution >= 0.6 is 0 Å². The average molecular weight is 258 g/mol. The maximum atomic E-state index is 11.3. The summed E-state index contributed by atoms with van der Waals surface area (Å²) in [4.78, 5) is 16.0. The van der Waals surface area contributed by atoms with Gasteiger partial charge in [0.1, 0.15) is 0 Å². The second-order valence-corrected chi connectivity index (χ2v) is 4.64. The van der Waals surface area contributed by atoms with Gasteiger partial charge in [0.2, 0.25) is 0 Å². The highest BCUT2D eigenvalue weighted by atomic mass is 16.5. The van der Waals surface area contributed by atoms with E-state index >= 15 is 0 Å². The lowest BCUT2D eigenvalue weighted by Crippen LogP contribution is -2.37. The van der Waals surface area contributed by atoms with Crippen LogP contribution < -0.4 is 0 Å². The van der Waals surface area contributed by atoms with Gasteiger partial charge in [-0.25, -0.2) is 0 Å². The average Bonchev–Trinajstić information content (AvgIpc) is 2.38. The molecule has 1 unspecified atom stereocenters. The molecule has 0 aliphatic rings. The number of nitrogens with zero attached hydrogens (tertiary/aromatic N) is 2. The highest BCUT2D eigenvalue weighted by molar-refractivity contribution is 5.69. The monoisotopic (exact) mass is 258 g/mol. The maximum Gasteiger partial charge on any atom is 0.307 e. The highest BCUT2D eigenvalue weighted by Gasteiger charge is 2.16. The zero-order valence-electron chi connectivity index (χ0n) is 12.7. The molecule has 108 valence electrons. The van der Waals surface area contributed by atoms with Gasteiger partial charge in [0.05, 0.1) is 13.5 Å². The highest BCUT2D eigenvalue weighted by Crippen LogP contribution is 2.06. The smallest absolute Gasteiger partial charge is 0.307 e. The molecule has 0 heterocycles. The normalized spacial score (nSPS) is 13.1. The molecule has 0 spiro atoms. The molecule has 18 heavy (non-hydrogen) atoms. The molecule has 0 aromatic heterocycles. The molecule has 0 radical (unpaired) electrons. The van der Waals surface area contributed by atoms with E-state index in [1.165, 1.54) is 7.11 Å². The van der Waals surface area contributed by atoms with Crippen LogP contribution in [0.3, 0.4) is 0 Å². The van der Waals surface area contributed by atoms with Gasteiger partial charge in [-0.2, -0.15) is 0 Å². The summed E-state index contributed by atoms with van der Waals surface area (Å²) < 4.78 is 4.72. The van der Waals surface area contributed by atoms with Gasteiger partial charge in [0.15, 0.2) is 0 Å². The van der Waals surface area contributed by atoms with Crippen molar-refractivity contribution in [1.29, 1.82) is 0 Å². The van der Waals surface area contributed by atoms with Crippen molar-refractivity contribution in [3.8, 4) is 0 Å². The summed E-state index contributed by atoms with van der Waals surface area (Å²) in [7, 11) is 1.45. The van der Waals surface area contributed by atoms with Gasteiger partial charge in [-0.3, -0.25) is 4.79 Å². The largest absolute Gasteiger partial charge is 0.469 e. The Labute approximate surface area is 112 Å². The number of carbonyl (C=O) groups excluding carboxylic acids is 1. The van der Waals surface area contributed by atoms with Crippen LogP contribution in [-0.4, -0.2) is 61.6 Å². The Morgan fingerprint density at radius 3 is 2.17 bits per heavy atom. The lowest BCUT2D eigenvalue weighted by molar-refractivity contribution is -0.141. The fourth-order valence-electron chi connectivity index (χ4n) is 2.18. The zero-order chi connectivity index (χ0) is 14.0. The summed E-state index contributed by atoms with van der Waals surface area (Å²) in [5.41, 5.74) is 0. The second kappa shape index (κ2) is 10.3. The minimum absolute atomic E-state index is 0.121. The molecular weight excluding hydrogens is 228 g/mol. The number of rotatable bonds is 10. The van der Waals surface area contributed by atoms with Crippen molar-refractivity contribution in [3.63, 3.8) is 0 Å². The zero-order valence-corrected chi connectivity index (χ0v) is 12.7.